The first kappa shape index (κ1) is 15.2. The van der Waals surface area contributed by atoms with Gasteiger partial charge in [-0.15, -0.1) is 0 Å². The van der Waals surface area contributed by atoms with Crippen molar-refractivity contribution in [3.05, 3.63) is 27.9 Å². The van der Waals surface area contributed by atoms with Gasteiger partial charge in [0.05, 0.1) is 6.61 Å². The Kier molecular flexibility index (Phi) is 4.04. The molecular formula is C16H23N3O3. The molecule has 1 aromatic rings. The number of aromatic nitrogens is 2. The molecule has 1 unspecified atom stereocenters. The average Bonchev–Trinajstić information content (AvgIpc) is 3.39. The average molecular weight is 305 g/mol. The molecule has 2 heterocycles. The highest BCUT2D eigenvalue weighted by atomic mass is 16.3. The van der Waals surface area contributed by atoms with Crippen molar-refractivity contribution >= 4 is 5.91 Å². The van der Waals surface area contributed by atoms with Crippen molar-refractivity contribution in [2.45, 2.75) is 44.9 Å². The largest absolute Gasteiger partial charge is 0.396 e. The Bertz CT molecular complexity index is 617. The monoisotopic (exact) mass is 305 g/mol. The van der Waals surface area contributed by atoms with Crippen molar-refractivity contribution in [3.8, 4) is 0 Å². The van der Waals surface area contributed by atoms with Gasteiger partial charge in [0.1, 0.15) is 11.4 Å². The van der Waals surface area contributed by atoms with Gasteiger partial charge in [-0.25, -0.2) is 4.98 Å². The summed E-state index contributed by atoms with van der Waals surface area (Å²) < 4.78 is 0. The van der Waals surface area contributed by atoms with E-state index in [0.717, 1.165) is 32.1 Å². The predicted octanol–water partition coefficient (Wildman–Crippen LogP) is 1.27. The minimum absolute atomic E-state index is 0.0719. The standard InChI is InChI=1S/C16H23N3O3/c1-2-16(10-20)6-3-7-19(9-16)15(22)12-8-17-13(11-4-5-11)18-14(12)21/h8,11,20H,2-7,9-10H2,1H3,(H,17,18,21). The van der Waals surface area contributed by atoms with E-state index < -0.39 is 0 Å². The Morgan fingerprint density at radius 3 is 2.91 bits per heavy atom. The van der Waals surface area contributed by atoms with Crippen LogP contribution in [0.2, 0.25) is 0 Å². The molecule has 0 radical (unpaired) electrons. The minimum Gasteiger partial charge on any atom is -0.396 e. The molecule has 1 atom stereocenters. The zero-order chi connectivity index (χ0) is 15.7. The van der Waals surface area contributed by atoms with E-state index in [1.165, 1.54) is 6.20 Å². The number of hydrogen-bond donors (Lipinski definition) is 2. The van der Waals surface area contributed by atoms with Gasteiger partial charge in [-0.05, 0) is 32.1 Å². The summed E-state index contributed by atoms with van der Waals surface area (Å²) in [6.45, 7) is 3.23. The van der Waals surface area contributed by atoms with Crippen molar-refractivity contribution in [3.63, 3.8) is 0 Å². The number of aliphatic hydroxyl groups excluding tert-OH is 1. The molecule has 1 saturated carbocycles. The molecule has 2 N–H and O–H groups in total. The summed E-state index contributed by atoms with van der Waals surface area (Å²) in [6.07, 6.45) is 6.11. The van der Waals surface area contributed by atoms with Crippen LogP contribution in [0.25, 0.3) is 0 Å². The van der Waals surface area contributed by atoms with E-state index in [1.54, 1.807) is 4.90 Å². The van der Waals surface area contributed by atoms with Crippen molar-refractivity contribution in [1.82, 2.24) is 14.9 Å². The highest BCUT2D eigenvalue weighted by Gasteiger charge is 2.36. The number of nitrogens with one attached hydrogen (secondary N) is 1. The third-order valence-electron chi connectivity index (χ3n) is 5.05. The van der Waals surface area contributed by atoms with Crippen molar-refractivity contribution in [2.24, 2.45) is 5.41 Å². The molecule has 120 valence electrons. The summed E-state index contributed by atoms with van der Waals surface area (Å²) in [7, 11) is 0. The highest BCUT2D eigenvalue weighted by Crippen LogP contribution is 2.37. The Labute approximate surface area is 129 Å². The van der Waals surface area contributed by atoms with Crippen LogP contribution in [-0.2, 0) is 0 Å². The van der Waals surface area contributed by atoms with Crippen LogP contribution in [0.4, 0.5) is 0 Å². The zero-order valence-electron chi connectivity index (χ0n) is 13.0. The number of piperidine rings is 1. The summed E-state index contributed by atoms with van der Waals surface area (Å²) in [5, 5.41) is 9.65. The predicted molar refractivity (Wildman–Crippen MR) is 81.8 cm³/mol. The normalized spacial score (nSPS) is 25.3. The maximum absolute atomic E-state index is 12.6. The van der Waals surface area contributed by atoms with E-state index in [-0.39, 0.29) is 29.1 Å². The molecule has 0 spiro atoms. The number of likely N-dealkylation sites (tertiary alicyclic amines) is 1. The van der Waals surface area contributed by atoms with E-state index in [4.69, 9.17) is 0 Å². The molecule has 1 aliphatic heterocycles. The Hall–Kier alpha value is -1.69. The fraction of sp³-hybridized carbons (Fsp3) is 0.688. The lowest BCUT2D eigenvalue weighted by atomic mass is 9.78. The Morgan fingerprint density at radius 2 is 2.32 bits per heavy atom. The Balaban J connectivity index is 1.80. The molecule has 2 aliphatic rings. The molecule has 1 aromatic heterocycles. The third-order valence-corrected chi connectivity index (χ3v) is 5.05. The summed E-state index contributed by atoms with van der Waals surface area (Å²) in [5.74, 6) is 0.773. The van der Waals surface area contributed by atoms with Crippen LogP contribution < -0.4 is 5.56 Å². The minimum atomic E-state index is -0.349. The summed E-state index contributed by atoms with van der Waals surface area (Å²) in [5.41, 5.74) is -0.477. The van der Waals surface area contributed by atoms with E-state index in [9.17, 15) is 14.7 Å². The maximum Gasteiger partial charge on any atom is 0.263 e. The van der Waals surface area contributed by atoms with Gasteiger partial charge in [-0.1, -0.05) is 6.92 Å². The van der Waals surface area contributed by atoms with Gasteiger partial charge < -0.3 is 15.0 Å². The highest BCUT2D eigenvalue weighted by molar-refractivity contribution is 5.93. The molecule has 22 heavy (non-hydrogen) atoms. The number of rotatable bonds is 4. The van der Waals surface area contributed by atoms with Crippen LogP contribution in [-0.4, -0.2) is 45.6 Å². The third kappa shape index (κ3) is 2.79. The first-order valence-corrected chi connectivity index (χ1v) is 8.08. The molecule has 3 rings (SSSR count). The fourth-order valence-corrected chi connectivity index (χ4v) is 3.21. The molecule has 6 nitrogen and oxygen atoms in total. The van der Waals surface area contributed by atoms with E-state index in [1.807, 2.05) is 6.92 Å². The van der Waals surface area contributed by atoms with Crippen LogP contribution in [0.1, 0.15) is 61.1 Å². The zero-order valence-corrected chi connectivity index (χ0v) is 13.0. The van der Waals surface area contributed by atoms with E-state index >= 15 is 0 Å². The number of aliphatic hydroxyl groups is 1. The molecule has 6 heteroatoms. The Morgan fingerprint density at radius 1 is 1.55 bits per heavy atom. The second-order valence-electron chi connectivity index (χ2n) is 6.63. The smallest absolute Gasteiger partial charge is 0.263 e. The van der Waals surface area contributed by atoms with Gasteiger partial charge >= 0.3 is 0 Å². The second-order valence-corrected chi connectivity index (χ2v) is 6.63. The van der Waals surface area contributed by atoms with Crippen molar-refractivity contribution < 1.29 is 9.90 Å². The van der Waals surface area contributed by atoms with Gasteiger partial charge in [0.15, 0.2) is 0 Å². The first-order valence-electron chi connectivity index (χ1n) is 8.08. The lowest BCUT2D eigenvalue weighted by Gasteiger charge is -2.41. The van der Waals surface area contributed by atoms with Crippen LogP contribution in [0.3, 0.4) is 0 Å². The van der Waals surface area contributed by atoms with Gasteiger partial charge in [0.25, 0.3) is 11.5 Å². The number of amides is 1. The first-order chi connectivity index (χ1) is 10.6. The van der Waals surface area contributed by atoms with Gasteiger partial charge in [-0.2, -0.15) is 0 Å². The topological polar surface area (TPSA) is 86.3 Å². The van der Waals surface area contributed by atoms with Crippen LogP contribution in [0.5, 0.6) is 0 Å². The SMILES string of the molecule is CCC1(CO)CCCN(C(=O)c2cnc(C3CC3)[nH]c2=O)C1. The van der Waals surface area contributed by atoms with Crippen LogP contribution >= 0.6 is 0 Å². The van der Waals surface area contributed by atoms with Gasteiger partial charge in [0, 0.05) is 30.6 Å². The lowest BCUT2D eigenvalue weighted by Crippen LogP contribution is -2.48. The lowest BCUT2D eigenvalue weighted by molar-refractivity contribution is 0.0250. The van der Waals surface area contributed by atoms with E-state index in [0.29, 0.717) is 24.8 Å². The summed E-state index contributed by atoms with van der Waals surface area (Å²) >= 11 is 0. The quantitative estimate of drug-likeness (QED) is 0.877. The number of aromatic amines is 1. The van der Waals surface area contributed by atoms with Crippen molar-refractivity contribution in [1.29, 1.82) is 0 Å². The van der Waals surface area contributed by atoms with Gasteiger partial charge in [-0.3, -0.25) is 9.59 Å². The second kappa shape index (κ2) is 5.83. The summed E-state index contributed by atoms with van der Waals surface area (Å²) in [4.78, 5) is 33.5. The van der Waals surface area contributed by atoms with Crippen molar-refractivity contribution in [2.75, 3.05) is 19.7 Å². The number of H-pyrrole nitrogens is 1. The molecular weight excluding hydrogens is 282 g/mol. The molecule has 0 bridgehead atoms. The number of nitrogens with zero attached hydrogens (tertiary/aromatic N) is 2. The molecule has 0 aromatic carbocycles. The van der Waals surface area contributed by atoms with Crippen LogP contribution in [0, 0.1) is 5.41 Å². The molecule has 1 amide bonds. The maximum atomic E-state index is 12.6. The molecule has 1 aliphatic carbocycles. The molecule has 2 fully saturated rings. The number of hydrogen-bond acceptors (Lipinski definition) is 4. The van der Waals surface area contributed by atoms with E-state index in [2.05, 4.69) is 9.97 Å². The van der Waals surface area contributed by atoms with Gasteiger partial charge in [0.2, 0.25) is 0 Å². The molecule has 1 saturated heterocycles. The number of carbonyl (C=O) groups excluding carboxylic acids is 1. The van der Waals surface area contributed by atoms with Crippen LogP contribution in [0.15, 0.2) is 11.0 Å². The fourth-order valence-electron chi connectivity index (χ4n) is 3.21. The number of carbonyl (C=O) groups is 1. The summed E-state index contributed by atoms with van der Waals surface area (Å²) in [6, 6.07) is 0.